The molecule has 0 aliphatic carbocycles. The zero-order valence-corrected chi connectivity index (χ0v) is 15.7. The fourth-order valence-corrected chi connectivity index (χ4v) is 4.83. The molecule has 0 amide bonds. The number of methoxy groups -OCH3 is 1. The number of ether oxygens (including phenoxy) is 2. The summed E-state index contributed by atoms with van der Waals surface area (Å²) in [4.78, 5) is 0.285. The molecule has 1 saturated heterocycles. The highest BCUT2D eigenvalue weighted by molar-refractivity contribution is 7.89. The molecular formula is C18H20ClNO4S. The Kier molecular flexibility index (Phi) is 5.34. The summed E-state index contributed by atoms with van der Waals surface area (Å²) in [6.07, 6.45) is -0.379. The number of benzene rings is 2. The van der Waals surface area contributed by atoms with E-state index < -0.39 is 10.0 Å². The van der Waals surface area contributed by atoms with E-state index in [0.717, 1.165) is 5.56 Å². The van der Waals surface area contributed by atoms with Gasteiger partial charge in [0.15, 0.2) is 0 Å². The van der Waals surface area contributed by atoms with Crippen LogP contribution < -0.4 is 4.74 Å². The van der Waals surface area contributed by atoms with Crippen LogP contribution in [0.4, 0.5) is 0 Å². The summed E-state index contributed by atoms with van der Waals surface area (Å²) >= 11 is 6.23. The zero-order chi connectivity index (χ0) is 18.0. The van der Waals surface area contributed by atoms with E-state index in [4.69, 9.17) is 21.1 Å². The van der Waals surface area contributed by atoms with Gasteiger partial charge in [-0.05, 0) is 36.8 Å². The quantitative estimate of drug-likeness (QED) is 0.814. The van der Waals surface area contributed by atoms with Crippen LogP contribution in [0.25, 0.3) is 0 Å². The van der Waals surface area contributed by atoms with E-state index in [1.54, 1.807) is 38.3 Å². The highest BCUT2D eigenvalue weighted by Crippen LogP contribution is 2.31. The number of hydrogen-bond acceptors (Lipinski definition) is 4. The summed E-state index contributed by atoms with van der Waals surface area (Å²) in [7, 11) is -2.06. The lowest BCUT2D eigenvalue weighted by Crippen LogP contribution is -2.42. The van der Waals surface area contributed by atoms with E-state index in [1.807, 2.05) is 18.2 Å². The van der Waals surface area contributed by atoms with E-state index in [-0.39, 0.29) is 17.5 Å². The van der Waals surface area contributed by atoms with Gasteiger partial charge < -0.3 is 9.47 Å². The molecule has 0 radical (unpaired) electrons. The smallest absolute Gasteiger partial charge is 0.243 e. The van der Waals surface area contributed by atoms with Crippen LogP contribution in [-0.4, -0.2) is 39.5 Å². The van der Waals surface area contributed by atoms with Gasteiger partial charge in [-0.1, -0.05) is 29.8 Å². The molecule has 134 valence electrons. The summed E-state index contributed by atoms with van der Waals surface area (Å²) in [6, 6.07) is 12.3. The van der Waals surface area contributed by atoms with Crippen LogP contribution in [0, 0.1) is 6.92 Å². The van der Waals surface area contributed by atoms with Gasteiger partial charge >= 0.3 is 0 Å². The largest absolute Gasteiger partial charge is 0.497 e. The van der Waals surface area contributed by atoms with Crippen LogP contribution >= 0.6 is 11.6 Å². The van der Waals surface area contributed by atoms with Gasteiger partial charge in [0.25, 0.3) is 0 Å². The molecule has 1 atom stereocenters. The Labute approximate surface area is 153 Å². The van der Waals surface area contributed by atoms with Gasteiger partial charge in [0, 0.05) is 23.7 Å². The lowest BCUT2D eigenvalue weighted by atomic mass is 10.1. The predicted octanol–water partition coefficient (Wildman–Crippen LogP) is 3.42. The highest BCUT2D eigenvalue weighted by atomic mass is 35.5. The molecule has 0 aromatic heterocycles. The van der Waals surface area contributed by atoms with Crippen molar-refractivity contribution in [2.75, 3.05) is 26.8 Å². The molecule has 1 aliphatic heterocycles. The number of rotatable bonds is 4. The first kappa shape index (κ1) is 18.2. The molecule has 7 heteroatoms. The summed E-state index contributed by atoms with van der Waals surface area (Å²) < 4.78 is 38.5. The molecule has 3 rings (SSSR count). The van der Waals surface area contributed by atoms with E-state index in [1.165, 1.54) is 4.31 Å². The first-order valence-electron chi connectivity index (χ1n) is 7.94. The van der Waals surface area contributed by atoms with E-state index in [9.17, 15) is 8.42 Å². The number of nitrogens with zero attached hydrogens (tertiary/aromatic N) is 1. The van der Waals surface area contributed by atoms with Crippen molar-refractivity contribution in [3.63, 3.8) is 0 Å². The number of halogens is 1. The molecule has 5 nitrogen and oxygen atoms in total. The second kappa shape index (κ2) is 7.33. The summed E-state index contributed by atoms with van der Waals surface area (Å²) in [6.45, 7) is 2.64. The van der Waals surface area contributed by atoms with Crippen molar-refractivity contribution >= 4 is 21.6 Å². The van der Waals surface area contributed by atoms with E-state index >= 15 is 0 Å². The normalized spacial score (nSPS) is 18.9. The van der Waals surface area contributed by atoms with Crippen molar-refractivity contribution in [3.8, 4) is 5.75 Å². The Morgan fingerprint density at radius 1 is 1.24 bits per heavy atom. The summed E-state index contributed by atoms with van der Waals surface area (Å²) in [5, 5.41) is 0.576. The van der Waals surface area contributed by atoms with Crippen molar-refractivity contribution in [2.45, 2.75) is 17.9 Å². The Morgan fingerprint density at radius 3 is 2.68 bits per heavy atom. The molecule has 0 N–H and O–H groups in total. The molecule has 1 aliphatic rings. The maximum atomic E-state index is 13.1. The van der Waals surface area contributed by atoms with Gasteiger partial charge in [-0.3, -0.25) is 0 Å². The van der Waals surface area contributed by atoms with E-state index in [0.29, 0.717) is 29.5 Å². The van der Waals surface area contributed by atoms with Crippen molar-refractivity contribution in [1.29, 1.82) is 0 Å². The minimum absolute atomic E-state index is 0.234. The first-order chi connectivity index (χ1) is 11.9. The fraction of sp³-hybridized carbons (Fsp3) is 0.333. The Bertz CT molecular complexity index is 869. The van der Waals surface area contributed by atoms with Crippen LogP contribution in [0.5, 0.6) is 5.75 Å². The molecule has 2 aromatic rings. The average Bonchev–Trinajstić information content (AvgIpc) is 2.62. The molecule has 1 heterocycles. The first-order valence-corrected chi connectivity index (χ1v) is 9.76. The molecule has 0 bridgehead atoms. The van der Waals surface area contributed by atoms with Crippen molar-refractivity contribution in [2.24, 2.45) is 0 Å². The third-order valence-electron chi connectivity index (χ3n) is 4.28. The van der Waals surface area contributed by atoms with Gasteiger partial charge in [0.1, 0.15) is 5.75 Å². The maximum absolute atomic E-state index is 13.1. The van der Waals surface area contributed by atoms with Gasteiger partial charge in [-0.2, -0.15) is 4.31 Å². The second-order valence-electron chi connectivity index (χ2n) is 5.88. The van der Waals surface area contributed by atoms with Crippen LogP contribution in [0.15, 0.2) is 47.4 Å². The molecule has 2 aromatic carbocycles. The lowest BCUT2D eigenvalue weighted by molar-refractivity contribution is -0.00250. The van der Waals surface area contributed by atoms with Crippen LogP contribution in [0.3, 0.4) is 0 Å². The van der Waals surface area contributed by atoms with Crippen LogP contribution in [0.2, 0.25) is 5.02 Å². The fourth-order valence-electron chi connectivity index (χ4n) is 2.95. The SMILES string of the molecule is COc1ccc(S(=O)(=O)N2CCOC(c3ccccc3Cl)C2)c(C)c1. The maximum Gasteiger partial charge on any atom is 0.243 e. The Balaban J connectivity index is 1.89. The number of morpholine rings is 1. The standard InChI is InChI=1S/C18H20ClNO4S/c1-13-11-14(23-2)7-8-18(13)25(21,22)20-9-10-24-17(12-20)15-5-3-4-6-16(15)19/h3-8,11,17H,9-10,12H2,1-2H3. The van der Waals surface area contributed by atoms with E-state index in [2.05, 4.69) is 0 Å². The second-order valence-corrected chi connectivity index (χ2v) is 8.19. The topological polar surface area (TPSA) is 55.8 Å². The zero-order valence-electron chi connectivity index (χ0n) is 14.1. The molecular weight excluding hydrogens is 362 g/mol. The molecule has 0 saturated carbocycles. The third kappa shape index (κ3) is 3.67. The summed E-state index contributed by atoms with van der Waals surface area (Å²) in [5.74, 6) is 0.632. The number of sulfonamides is 1. The lowest BCUT2D eigenvalue weighted by Gasteiger charge is -2.33. The van der Waals surface area contributed by atoms with Crippen LogP contribution in [0.1, 0.15) is 17.2 Å². The molecule has 1 unspecified atom stereocenters. The molecule has 0 spiro atoms. The van der Waals surface area contributed by atoms with Crippen LogP contribution in [-0.2, 0) is 14.8 Å². The number of hydrogen-bond donors (Lipinski definition) is 0. The van der Waals surface area contributed by atoms with Gasteiger partial charge in [-0.25, -0.2) is 8.42 Å². The summed E-state index contributed by atoms with van der Waals surface area (Å²) in [5.41, 5.74) is 1.45. The highest BCUT2D eigenvalue weighted by Gasteiger charge is 2.33. The van der Waals surface area contributed by atoms with Crippen molar-refractivity contribution in [1.82, 2.24) is 4.31 Å². The predicted molar refractivity (Wildman–Crippen MR) is 96.6 cm³/mol. The van der Waals surface area contributed by atoms with Crippen molar-refractivity contribution < 1.29 is 17.9 Å². The average molecular weight is 382 g/mol. The van der Waals surface area contributed by atoms with Gasteiger partial charge in [0.05, 0.1) is 24.7 Å². The molecule has 25 heavy (non-hydrogen) atoms. The van der Waals surface area contributed by atoms with Gasteiger partial charge in [-0.15, -0.1) is 0 Å². The number of aryl methyl sites for hydroxylation is 1. The Morgan fingerprint density at radius 2 is 2.00 bits per heavy atom. The van der Waals surface area contributed by atoms with Crippen molar-refractivity contribution in [3.05, 3.63) is 58.6 Å². The third-order valence-corrected chi connectivity index (χ3v) is 6.65. The minimum atomic E-state index is -3.62. The Hall–Kier alpha value is -1.60. The minimum Gasteiger partial charge on any atom is -0.497 e. The monoisotopic (exact) mass is 381 g/mol. The van der Waals surface area contributed by atoms with Gasteiger partial charge in [0.2, 0.25) is 10.0 Å². The molecule has 1 fully saturated rings.